The van der Waals surface area contributed by atoms with Crippen molar-refractivity contribution in [1.29, 1.82) is 0 Å². The summed E-state index contributed by atoms with van der Waals surface area (Å²) in [5.74, 6) is -1.10. The molecule has 8 aromatic rings. The van der Waals surface area contributed by atoms with Gasteiger partial charge in [-0.25, -0.2) is 14.8 Å². The molecule has 0 saturated heterocycles. The van der Waals surface area contributed by atoms with Crippen molar-refractivity contribution in [2.45, 2.75) is 64.5 Å². The van der Waals surface area contributed by atoms with Crippen LogP contribution in [-0.4, -0.2) is 63.6 Å². The maximum Gasteiger partial charge on any atom is 0.471 e. The zero-order valence-corrected chi connectivity index (χ0v) is 35.2. The largest absolute Gasteiger partial charge is 0.478 e. The number of carbonyl (C=O) groups is 2. The highest BCUT2D eigenvalue weighted by molar-refractivity contribution is 5.96. The summed E-state index contributed by atoms with van der Waals surface area (Å²) in [6, 6.07) is 22.2. The van der Waals surface area contributed by atoms with E-state index in [0.717, 1.165) is 16.8 Å². The summed E-state index contributed by atoms with van der Waals surface area (Å²) < 4.78 is 58.2. The third-order valence-electron chi connectivity index (χ3n) is 9.68. The lowest BCUT2D eigenvalue weighted by atomic mass is 9.83. The lowest BCUT2D eigenvalue weighted by Gasteiger charge is -2.21. The number of alkyl halides is 3. The van der Waals surface area contributed by atoms with Crippen LogP contribution in [0.25, 0.3) is 45.7 Å². The fraction of sp³-hybridized carbons (Fsp3) is 0.244. The molecule has 0 aliphatic carbocycles. The van der Waals surface area contributed by atoms with E-state index in [0.29, 0.717) is 47.7 Å². The second-order valence-electron chi connectivity index (χ2n) is 15.5. The topological polar surface area (TPSA) is 236 Å². The summed E-state index contributed by atoms with van der Waals surface area (Å²) in [6.07, 6.45) is 4.54. The normalized spacial score (nSPS) is 11.6. The molecule has 6 aromatic heterocycles. The molecule has 0 spiro atoms. The Morgan fingerprint density at radius 2 is 1.16 bits per heavy atom. The fourth-order valence-electron chi connectivity index (χ4n) is 5.67. The maximum absolute atomic E-state index is 12.8. The van der Waals surface area contributed by atoms with Gasteiger partial charge in [-0.1, -0.05) is 74.4 Å². The first kappa shape index (κ1) is 45.8. The molecule has 64 heavy (non-hydrogen) atoms. The van der Waals surface area contributed by atoms with Crippen molar-refractivity contribution in [1.82, 2.24) is 40.2 Å². The van der Waals surface area contributed by atoms with E-state index in [1.807, 2.05) is 74.5 Å². The van der Waals surface area contributed by atoms with Crippen molar-refractivity contribution in [2.75, 3.05) is 6.54 Å². The predicted octanol–water partition coefficient (Wildman–Crippen LogP) is 9.46. The number of nitrogens with two attached hydrogens (primary N) is 1. The van der Waals surface area contributed by atoms with Crippen LogP contribution in [0.5, 0.6) is 0 Å². The molecule has 8 rings (SSSR count). The molecular weight excluding hydrogens is 836 g/mol. The minimum Gasteiger partial charge on any atom is -0.478 e. The van der Waals surface area contributed by atoms with Gasteiger partial charge in [0.05, 0.1) is 17.0 Å². The third kappa shape index (κ3) is 11.6. The number of aromatic carboxylic acids is 1. The van der Waals surface area contributed by atoms with Gasteiger partial charge in [-0.2, -0.15) is 23.1 Å². The first-order chi connectivity index (χ1) is 30.4. The number of benzene rings is 2. The van der Waals surface area contributed by atoms with Crippen LogP contribution < -0.4 is 5.73 Å². The molecule has 3 N–H and O–H groups in total. The van der Waals surface area contributed by atoms with Gasteiger partial charge in [-0.3, -0.25) is 14.8 Å². The summed E-state index contributed by atoms with van der Waals surface area (Å²) in [4.78, 5) is 47.5. The molecule has 6 heterocycles. The first-order valence-electron chi connectivity index (χ1n) is 19.5. The minimum atomic E-state index is -4.75. The monoisotopic (exact) mass is 877 g/mol. The lowest BCUT2D eigenvalue weighted by molar-refractivity contribution is -0.159. The quantitative estimate of drug-likeness (QED) is 0.109. The molecule has 0 atom stereocenters. The van der Waals surface area contributed by atoms with Gasteiger partial charge in [0.1, 0.15) is 12.5 Å². The van der Waals surface area contributed by atoms with E-state index < -0.39 is 23.5 Å². The van der Waals surface area contributed by atoms with E-state index >= 15 is 0 Å². The Kier molecular flexibility index (Phi) is 14.0. The molecule has 0 bridgehead atoms. The number of carbonyl (C=O) groups excluding carboxylic acids is 1. The third-order valence-corrected chi connectivity index (χ3v) is 9.68. The number of halogens is 3. The van der Waals surface area contributed by atoms with Crippen LogP contribution in [0.1, 0.15) is 84.4 Å². The molecule has 0 aliphatic rings. The van der Waals surface area contributed by atoms with Crippen molar-refractivity contribution in [3.05, 3.63) is 144 Å². The molecule has 0 radical (unpaired) electrons. The van der Waals surface area contributed by atoms with Crippen molar-refractivity contribution >= 4 is 11.8 Å². The number of aryl methyl sites for hydroxylation is 1. The van der Waals surface area contributed by atoms with Crippen LogP contribution in [0, 0.1) is 6.92 Å². The Bertz CT molecular complexity index is 2800. The van der Waals surface area contributed by atoms with Crippen LogP contribution in [-0.2, 0) is 17.0 Å². The average molecular weight is 878 g/mol. The molecule has 0 unspecified atom stereocenters. The van der Waals surface area contributed by atoms with E-state index in [9.17, 15) is 22.8 Å². The Hall–Kier alpha value is -7.67. The summed E-state index contributed by atoms with van der Waals surface area (Å²) in [6.45, 7) is 10.2. The fourth-order valence-corrected chi connectivity index (χ4v) is 5.67. The van der Waals surface area contributed by atoms with Crippen LogP contribution in [0.4, 0.5) is 13.2 Å². The number of carboxylic acids is 1. The van der Waals surface area contributed by atoms with E-state index in [-0.39, 0.29) is 40.1 Å². The number of ketones is 1. The number of Topliss-reactive ketones (excluding diaryl/α,β-unsaturated/α-hetero) is 1. The van der Waals surface area contributed by atoms with Gasteiger partial charge >= 0.3 is 18.0 Å². The smallest absolute Gasteiger partial charge is 0.471 e. The Morgan fingerprint density at radius 3 is 1.64 bits per heavy atom. The van der Waals surface area contributed by atoms with Crippen LogP contribution in [0.15, 0.2) is 128 Å². The number of rotatable bonds is 12. The number of aromatic nitrogens is 8. The van der Waals surface area contributed by atoms with Crippen molar-refractivity contribution < 1.29 is 45.7 Å². The van der Waals surface area contributed by atoms with Crippen molar-refractivity contribution in [3.8, 4) is 45.7 Å². The SMILES string of the molecule is CC(C)(CCC(=O)c1cncc(-c2noc(C(F)(F)F)n2)c1)c1coc(-c2ccccc2)n1.CC(C)(CN)c1coc(-c2ccccc2)n1.Cc1nc(-c2cncc(C(=O)O)c2)no1. The van der Waals surface area contributed by atoms with Crippen molar-refractivity contribution in [2.24, 2.45) is 5.73 Å². The Balaban J connectivity index is 0.000000182. The average Bonchev–Trinajstić information content (AvgIpc) is 4.15. The standard InChI is InChI=1S/C23H19F3N4O3.C13H16N2O.C9H7N3O3/c1-22(2,18-13-32-20(28-18)14-6-4-3-5-7-14)9-8-17(31)15-10-16(12-27-11-15)19-29-21(33-30-19)23(24,25)26;1-13(2,9-14)11-8-16-12(15-11)10-6-4-3-5-7-10;1-5-11-8(12-15-5)6-2-7(9(13)14)4-10-3-6/h3-7,10-13H,8-9H2,1-2H3;3-8H,9,14H2,1-2H3;2-4H,1H3,(H,13,14). The Labute approximate surface area is 363 Å². The summed E-state index contributed by atoms with van der Waals surface area (Å²) in [5, 5.41) is 15.8. The highest BCUT2D eigenvalue weighted by atomic mass is 19.4. The van der Waals surface area contributed by atoms with Gasteiger partial charge in [-0.15, -0.1) is 0 Å². The number of oxazole rings is 2. The summed E-state index contributed by atoms with van der Waals surface area (Å²) in [5.41, 5.74) is 9.58. The van der Waals surface area contributed by atoms with Gasteiger partial charge in [0, 0.05) is 83.3 Å². The minimum absolute atomic E-state index is 0.0925. The molecule has 0 amide bonds. The number of pyridine rings is 2. The van der Waals surface area contributed by atoms with E-state index in [4.69, 9.17) is 24.2 Å². The summed E-state index contributed by atoms with van der Waals surface area (Å²) in [7, 11) is 0. The zero-order valence-electron chi connectivity index (χ0n) is 35.2. The predicted molar refractivity (Wildman–Crippen MR) is 224 cm³/mol. The number of hydrogen-bond acceptors (Lipinski definition) is 15. The van der Waals surface area contributed by atoms with E-state index in [1.165, 1.54) is 36.9 Å². The second kappa shape index (κ2) is 19.6. The molecule has 0 saturated carbocycles. The first-order valence-corrected chi connectivity index (χ1v) is 19.5. The maximum atomic E-state index is 12.8. The number of carboxylic acid groups (broad SMARTS) is 1. The molecule has 330 valence electrons. The van der Waals surface area contributed by atoms with E-state index in [1.54, 1.807) is 19.5 Å². The summed E-state index contributed by atoms with van der Waals surface area (Å²) >= 11 is 0. The zero-order chi connectivity index (χ0) is 46.1. The van der Waals surface area contributed by atoms with Gasteiger partial charge in [-0.05, 0) is 42.8 Å². The van der Waals surface area contributed by atoms with Crippen LogP contribution in [0.2, 0.25) is 0 Å². The second-order valence-corrected chi connectivity index (χ2v) is 15.5. The number of hydrogen-bond donors (Lipinski definition) is 2. The highest BCUT2D eigenvalue weighted by Crippen LogP contribution is 2.32. The molecule has 16 nitrogen and oxygen atoms in total. The molecule has 2 aromatic carbocycles. The van der Waals surface area contributed by atoms with Crippen LogP contribution in [0.3, 0.4) is 0 Å². The molecular formula is C45H42F3N9O7. The van der Waals surface area contributed by atoms with Crippen LogP contribution >= 0.6 is 0 Å². The molecule has 0 fully saturated rings. The molecule has 19 heteroatoms. The number of nitrogens with zero attached hydrogens (tertiary/aromatic N) is 8. The van der Waals surface area contributed by atoms with Gasteiger partial charge in [0.15, 0.2) is 5.78 Å². The van der Waals surface area contributed by atoms with Gasteiger partial charge < -0.3 is 28.7 Å². The Morgan fingerprint density at radius 1 is 0.656 bits per heavy atom. The highest BCUT2D eigenvalue weighted by Gasteiger charge is 2.38. The van der Waals surface area contributed by atoms with Crippen molar-refractivity contribution in [3.63, 3.8) is 0 Å². The molecule has 0 aliphatic heterocycles. The van der Waals surface area contributed by atoms with Gasteiger partial charge in [0.2, 0.25) is 29.3 Å². The van der Waals surface area contributed by atoms with E-state index in [2.05, 4.69) is 58.6 Å². The lowest BCUT2D eigenvalue weighted by Crippen LogP contribution is -2.28. The van der Waals surface area contributed by atoms with Gasteiger partial charge in [0.25, 0.3) is 0 Å².